The summed E-state index contributed by atoms with van der Waals surface area (Å²) in [6.45, 7) is 10.0. The summed E-state index contributed by atoms with van der Waals surface area (Å²) in [5.74, 6) is 1.96. The van der Waals surface area contributed by atoms with Crippen molar-refractivity contribution in [1.82, 2.24) is 14.8 Å². The van der Waals surface area contributed by atoms with Gasteiger partial charge >= 0.3 is 0 Å². The topological polar surface area (TPSA) is 37.8 Å². The summed E-state index contributed by atoms with van der Waals surface area (Å²) >= 11 is 0. The lowest BCUT2D eigenvalue weighted by atomic mass is 10.0. The molecular weight excluding hydrogens is 494 g/mol. The largest absolute Gasteiger partial charge is 0.494 e. The van der Waals surface area contributed by atoms with Crippen LogP contribution >= 0.6 is 0 Å². The number of unbranched alkanes of at least 4 members (excludes halogenated alkanes) is 1. The van der Waals surface area contributed by atoms with E-state index in [1.165, 1.54) is 74.7 Å². The van der Waals surface area contributed by atoms with Crippen molar-refractivity contribution >= 4 is 10.9 Å². The van der Waals surface area contributed by atoms with Gasteiger partial charge in [-0.15, -0.1) is 0 Å². The molecule has 3 heterocycles. The maximum atomic E-state index is 6.59. The average Bonchev–Trinajstić information content (AvgIpc) is 3.27. The van der Waals surface area contributed by atoms with Gasteiger partial charge in [0, 0.05) is 37.8 Å². The first-order chi connectivity index (χ1) is 19.8. The van der Waals surface area contributed by atoms with Crippen LogP contribution in [-0.2, 0) is 12.8 Å². The van der Waals surface area contributed by atoms with E-state index in [1.807, 2.05) is 12.3 Å². The van der Waals surface area contributed by atoms with Gasteiger partial charge in [-0.1, -0.05) is 44.4 Å². The molecule has 2 aliphatic rings. The maximum Gasteiger partial charge on any atom is 0.146 e. The molecule has 2 saturated heterocycles. The van der Waals surface area contributed by atoms with E-state index in [2.05, 4.69) is 64.2 Å². The molecule has 0 bridgehead atoms. The fraction of sp³-hybridized carbons (Fsp3) is 0.571. The Kier molecular flexibility index (Phi) is 11.1. The number of fused-ring (bicyclic) bond motifs is 1. The van der Waals surface area contributed by atoms with Gasteiger partial charge in [-0.3, -0.25) is 4.98 Å². The Morgan fingerprint density at radius 1 is 0.800 bits per heavy atom. The molecule has 0 radical (unpaired) electrons. The van der Waals surface area contributed by atoms with Crippen molar-refractivity contribution in [2.45, 2.75) is 83.7 Å². The van der Waals surface area contributed by atoms with Crippen LogP contribution in [0.3, 0.4) is 0 Å². The van der Waals surface area contributed by atoms with Crippen molar-refractivity contribution in [3.8, 4) is 11.5 Å². The number of ether oxygens (including phenoxy) is 2. The quantitative estimate of drug-likeness (QED) is 0.211. The van der Waals surface area contributed by atoms with Gasteiger partial charge in [-0.05, 0) is 106 Å². The fourth-order valence-electron chi connectivity index (χ4n) is 6.14. The summed E-state index contributed by atoms with van der Waals surface area (Å²) in [4.78, 5) is 9.84. The van der Waals surface area contributed by atoms with Crippen molar-refractivity contribution < 1.29 is 9.47 Å². The molecule has 40 heavy (non-hydrogen) atoms. The molecule has 2 aromatic carbocycles. The lowest BCUT2D eigenvalue weighted by Gasteiger charge is -2.32. The zero-order valence-electron chi connectivity index (χ0n) is 24.7. The van der Waals surface area contributed by atoms with Crippen LogP contribution in [0.25, 0.3) is 10.9 Å². The molecule has 0 spiro atoms. The smallest absolute Gasteiger partial charge is 0.146 e. The van der Waals surface area contributed by atoms with Gasteiger partial charge < -0.3 is 19.3 Å². The number of hydrogen-bond acceptors (Lipinski definition) is 5. The van der Waals surface area contributed by atoms with Crippen LogP contribution < -0.4 is 9.47 Å². The van der Waals surface area contributed by atoms with Gasteiger partial charge in [0.25, 0.3) is 0 Å². The Morgan fingerprint density at radius 3 is 2.35 bits per heavy atom. The lowest BCUT2D eigenvalue weighted by molar-refractivity contribution is 0.102. The lowest BCUT2D eigenvalue weighted by Crippen LogP contribution is -2.39. The van der Waals surface area contributed by atoms with E-state index in [4.69, 9.17) is 9.47 Å². The molecule has 5 nitrogen and oxygen atoms in total. The van der Waals surface area contributed by atoms with E-state index < -0.39 is 0 Å². The van der Waals surface area contributed by atoms with Crippen LogP contribution in [-0.4, -0.2) is 66.8 Å². The minimum atomic E-state index is 0.263. The van der Waals surface area contributed by atoms with Crippen molar-refractivity contribution in [1.29, 1.82) is 0 Å². The number of rotatable bonds is 13. The molecule has 5 rings (SSSR count). The second-order valence-corrected chi connectivity index (χ2v) is 11.8. The molecule has 0 N–H and O–H groups in total. The van der Waals surface area contributed by atoms with Crippen LogP contribution in [0.2, 0.25) is 0 Å². The third-order valence-electron chi connectivity index (χ3n) is 8.60. The molecular formula is C35H49N3O2. The van der Waals surface area contributed by atoms with Crippen LogP contribution in [0, 0.1) is 0 Å². The second-order valence-electron chi connectivity index (χ2n) is 11.8. The third-order valence-corrected chi connectivity index (χ3v) is 8.60. The van der Waals surface area contributed by atoms with E-state index in [-0.39, 0.29) is 6.10 Å². The first-order valence-corrected chi connectivity index (χ1v) is 16.0. The Hall–Kier alpha value is -2.63. The molecule has 0 amide bonds. The van der Waals surface area contributed by atoms with Gasteiger partial charge in [0.05, 0.1) is 6.61 Å². The number of benzene rings is 2. The molecule has 0 saturated carbocycles. The van der Waals surface area contributed by atoms with E-state index in [0.29, 0.717) is 0 Å². The monoisotopic (exact) mass is 543 g/mol. The minimum Gasteiger partial charge on any atom is -0.494 e. The number of hydrogen-bond donors (Lipinski definition) is 0. The summed E-state index contributed by atoms with van der Waals surface area (Å²) in [5.41, 5.74) is 3.74. The Balaban J connectivity index is 1.02. The van der Waals surface area contributed by atoms with Gasteiger partial charge in [0.2, 0.25) is 0 Å². The van der Waals surface area contributed by atoms with Crippen molar-refractivity contribution in [2.75, 3.05) is 45.9 Å². The van der Waals surface area contributed by atoms with E-state index in [1.54, 1.807) is 0 Å². The van der Waals surface area contributed by atoms with E-state index in [9.17, 15) is 0 Å². The predicted molar refractivity (Wildman–Crippen MR) is 166 cm³/mol. The summed E-state index contributed by atoms with van der Waals surface area (Å²) < 4.78 is 12.6. The highest BCUT2D eigenvalue weighted by Gasteiger charge is 2.21. The van der Waals surface area contributed by atoms with Gasteiger partial charge in [0.15, 0.2) is 0 Å². The zero-order valence-corrected chi connectivity index (χ0v) is 24.7. The highest BCUT2D eigenvalue weighted by molar-refractivity contribution is 5.85. The number of pyridine rings is 1. The zero-order chi connectivity index (χ0) is 27.4. The number of likely N-dealkylation sites (tertiary alicyclic amines) is 2. The highest BCUT2D eigenvalue weighted by Crippen LogP contribution is 2.29. The predicted octanol–water partition coefficient (Wildman–Crippen LogP) is 7.31. The first-order valence-electron chi connectivity index (χ1n) is 16.0. The van der Waals surface area contributed by atoms with Crippen LogP contribution in [0.5, 0.6) is 11.5 Å². The van der Waals surface area contributed by atoms with Crippen molar-refractivity contribution in [3.05, 3.63) is 65.9 Å². The molecule has 2 aliphatic heterocycles. The molecule has 3 aromatic rings. The van der Waals surface area contributed by atoms with Crippen LogP contribution in [0.4, 0.5) is 0 Å². The van der Waals surface area contributed by atoms with Gasteiger partial charge in [-0.25, -0.2) is 0 Å². The number of aryl methyl sites for hydroxylation is 1. The Labute approximate surface area is 241 Å². The van der Waals surface area contributed by atoms with E-state index >= 15 is 0 Å². The van der Waals surface area contributed by atoms with Gasteiger partial charge in [0.1, 0.15) is 23.1 Å². The Bertz CT molecular complexity index is 1150. The highest BCUT2D eigenvalue weighted by atomic mass is 16.5. The summed E-state index contributed by atoms with van der Waals surface area (Å²) in [6, 6.07) is 17.5. The summed E-state index contributed by atoms with van der Waals surface area (Å²) in [7, 11) is 0. The standard InChI is InChI=1S/C35H49N3O2/c1-2-3-10-30-27-31-11-8-19-36-35(31)34(28-30)40-33-17-24-38(25-18-33)23-16-29-12-14-32(15-13-29)39-26-9-22-37-20-6-4-5-7-21-37/h8,11-15,19,27-28,33H,2-7,9-10,16-18,20-26H2,1H3. The molecule has 5 heteroatoms. The van der Waals surface area contributed by atoms with Crippen molar-refractivity contribution in [2.24, 2.45) is 0 Å². The van der Waals surface area contributed by atoms with Crippen LogP contribution in [0.1, 0.15) is 75.8 Å². The normalized spacial score (nSPS) is 17.6. The number of piperidine rings is 1. The summed E-state index contributed by atoms with van der Waals surface area (Å²) in [6.07, 6.45) is 15.5. The molecule has 0 atom stereocenters. The van der Waals surface area contributed by atoms with E-state index in [0.717, 1.165) is 75.4 Å². The minimum absolute atomic E-state index is 0.263. The second kappa shape index (κ2) is 15.4. The molecule has 0 unspecified atom stereocenters. The summed E-state index contributed by atoms with van der Waals surface area (Å²) in [5, 5.41) is 1.19. The average molecular weight is 544 g/mol. The van der Waals surface area contributed by atoms with Gasteiger partial charge in [-0.2, -0.15) is 0 Å². The maximum absolute atomic E-state index is 6.59. The molecule has 216 valence electrons. The molecule has 0 aliphatic carbocycles. The molecule has 2 fully saturated rings. The van der Waals surface area contributed by atoms with Crippen molar-refractivity contribution in [3.63, 3.8) is 0 Å². The Morgan fingerprint density at radius 2 is 1.57 bits per heavy atom. The fourth-order valence-corrected chi connectivity index (χ4v) is 6.14. The van der Waals surface area contributed by atoms with Crippen LogP contribution in [0.15, 0.2) is 54.7 Å². The molecule has 1 aromatic heterocycles. The number of aromatic nitrogens is 1. The third kappa shape index (κ3) is 8.68. The first kappa shape index (κ1) is 28.9. The number of nitrogens with zero attached hydrogens (tertiary/aromatic N) is 3. The SMILES string of the molecule is CCCCc1cc(OC2CCN(CCc3ccc(OCCCN4CCCCCC4)cc3)CC2)c2ncccc2c1.